The van der Waals surface area contributed by atoms with E-state index in [0.717, 1.165) is 11.4 Å². The number of hydrogen-bond donors (Lipinski definition) is 0. The number of nitrogens with zero attached hydrogens (tertiary/aromatic N) is 3. The summed E-state index contributed by atoms with van der Waals surface area (Å²) in [6, 6.07) is 12.5. The lowest BCUT2D eigenvalue weighted by molar-refractivity contribution is -0.744. The Bertz CT molecular complexity index is 722. The van der Waals surface area contributed by atoms with Gasteiger partial charge < -0.3 is 0 Å². The number of aromatic nitrogens is 3. The predicted octanol–water partition coefficient (Wildman–Crippen LogP) is 2.98. The van der Waals surface area contributed by atoms with Crippen LogP contribution in [-0.2, 0) is 7.05 Å². The zero-order valence-corrected chi connectivity index (χ0v) is 12.0. The molecule has 0 radical (unpaired) electrons. The molecule has 0 spiro atoms. The second-order valence-electron chi connectivity index (χ2n) is 5.06. The van der Waals surface area contributed by atoms with Gasteiger partial charge in [-0.3, -0.25) is 4.98 Å². The highest BCUT2D eigenvalue weighted by Crippen LogP contribution is 2.21. The van der Waals surface area contributed by atoms with Gasteiger partial charge in [-0.15, -0.1) is 9.36 Å². The standard InChI is InChI=1S/C17H18N3/c1-13-9-10-18-14(2)17(13)20-12-16(11-19(20)3)15-7-5-4-6-8-15/h4-12H,1-3H3/q+1. The van der Waals surface area contributed by atoms with Crippen LogP contribution in [0.25, 0.3) is 16.8 Å². The lowest BCUT2D eigenvalue weighted by atomic mass is 10.1. The van der Waals surface area contributed by atoms with Gasteiger partial charge in [-0.05, 0) is 31.0 Å². The summed E-state index contributed by atoms with van der Waals surface area (Å²) in [6.07, 6.45) is 6.16. The first-order chi connectivity index (χ1) is 9.66. The molecule has 100 valence electrons. The van der Waals surface area contributed by atoms with E-state index in [4.69, 9.17) is 0 Å². The van der Waals surface area contributed by atoms with Crippen molar-refractivity contribution in [1.29, 1.82) is 0 Å². The van der Waals surface area contributed by atoms with E-state index in [9.17, 15) is 0 Å². The molecule has 3 heteroatoms. The van der Waals surface area contributed by atoms with Crippen molar-refractivity contribution < 1.29 is 4.68 Å². The van der Waals surface area contributed by atoms with E-state index in [1.807, 2.05) is 25.3 Å². The molecular formula is C17H18N3+. The molecule has 0 N–H and O–H groups in total. The number of benzene rings is 1. The van der Waals surface area contributed by atoms with E-state index in [1.54, 1.807) is 0 Å². The van der Waals surface area contributed by atoms with Gasteiger partial charge in [-0.1, -0.05) is 30.3 Å². The summed E-state index contributed by atoms with van der Waals surface area (Å²) in [5.74, 6) is 0. The molecule has 0 atom stereocenters. The SMILES string of the molecule is Cc1ccnc(C)c1-n1cc(-c2ccccc2)c[n+]1C. The molecule has 0 unspecified atom stereocenters. The van der Waals surface area contributed by atoms with Gasteiger partial charge in [0.15, 0.2) is 7.05 Å². The molecule has 3 aromatic rings. The number of hydrogen-bond acceptors (Lipinski definition) is 1. The van der Waals surface area contributed by atoms with Crippen molar-refractivity contribution in [3.63, 3.8) is 0 Å². The minimum Gasteiger partial charge on any atom is -0.259 e. The van der Waals surface area contributed by atoms with Crippen LogP contribution in [0.4, 0.5) is 0 Å². The summed E-state index contributed by atoms with van der Waals surface area (Å²) in [5, 5.41) is 0. The van der Waals surface area contributed by atoms with E-state index in [0.29, 0.717) is 0 Å². The maximum Gasteiger partial charge on any atom is 0.203 e. The van der Waals surface area contributed by atoms with Crippen LogP contribution in [0.2, 0.25) is 0 Å². The highest BCUT2D eigenvalue weighted by Gasteiger charge is 2.16. The average molecular weight is 264 g/mol. The molecule has 3 nitrogen and oxygen atoms in total. The first-order valence-electron chi connectivity index (χ1n) is 6.73. The Morgan fingerprint density at radius 1 is 1.00 bits per heavy atom. The van der Waals surface area contributed by atoms with Gasteiger partial charge in [0.1, 0.15) is 5.69 Å². The summed E-state index contributed by atoms with van der Waals surface area (Å²) in [4.78, 5) is 4.41. The summed E-state index contributed by atoms with van der Waals surface area (Å²) in [7, 11) is 2.05. The zero-order chi connectivity index (χ0) is 14.1. The molecule has 0 fully saturated rings. The first kappa shape index (κ1) is 12.6. The number of rotatable bonds is 2. The normalized spacial score (nSPS) is 10.8. The molecule has 0 bridgehead atoms. The molecule has 0 amide bonds. The number of aryl methyl sites for hydroxylation is 3. The Morgan fingerprint density at radius 3 is 2.45 bits per heavy atom. The Morgan fingerprint density at radius 2 is 1.75 bits per heavy atom. The highest BCUT2D eigenvalue weighted by atomic mass is 15.4. The fraction of sp³-hybridized carbons (Fsp3) is 0.176. The molecule has 0 aliphatic heterocycles. The van der Waals surface area contributed by atoms with Crippen LogP contribution in [0.1, 0.15) is 11.3 Å². The molecule has 3 rings (SSSR count). The van der Waals surface area contributed by atoms with Gasteiger partial charge >= 0.3 is 0 Å². The quantitative estimate of drug-likeness (QED) is 0.652. The monoisotopic (exact) mass is 264 g/mol. The van der Waals surface area contributed by atoms with Crippen LogP contribution in [-0.4, -0.2) is 9.67 Å². The largest absolute Gasteiger partial charge is 0.259 e. The molecule has 0 saturated heterocycles. The van der Waals surface area contributed by atoms with Crippen molar-refractivity contribution in [2.75, 3.05) is 0 Å². The van der Waals surface area contributed by atoms with Crippen LogP contribution in [0.5, 0.6) is 0 Å². The predicted molar refractivity (Wildman–Crippen MR) is 79.7 cm³/mol. The van der Waals surface area contributed by atoms with E-state index < -0.39 is 0 Å². The fourth-order valence-corrected chi connectivity index (χ4v) is 2.55. The van der Waals surface area contributed by atoms with Crippen molar-refractivity contribution in [2.24, 2.45) is 7.05 Å². The molecule has 20 heavy (non-hydrogen) atoms. The summed E-state index contributed by atoms with van der Waals surface area (Å²) < 4.78 is 4.25. The molecule has 0 saturated carbocycles. The van der Waals surface area contributed by atoms with Gasteiger partial charge in [0.05, 0.1) is 17.5 Å². The Hall–Kier alpha value is -2.42. The highest BCUT2D eigenvalue weighted by molar-refractivity contribution is 5.61. The Kier molecular flexibility index (Phi) is 3.11. The van der Waals surface area contributed by atoms with Gasteiger partial charge in [0.25, 0.3) is 0 Å². The molecule has 0 aliphatic rings. The van der Waals surface area contributed by atoms with E-state index in [-0.39, 0.29) is 0 Å². The topological polar surface area (TPSA) is 21.7 Å². The van der Waals surface area contributed by atoms with Crippen LogP contribution < -0.4 is 4.68 Å². The number of pyridine rings is 1. The van der Waals surface area contributed by atoms with E-state index in [1.165, 1.54) is 16.7 Å². The maximum absolute atomic E-state index is 4.41. The fourth-order valence-electron chi connectivity index (χ4n) is 2.55. The minimum atomic E-state index is 1.04. The summed E-state index contributed by atoms with van der Waals surface area (Å²) in [6.45, 7) is 4.16. The van der Waals surface area contributed by atoms with Crippen LogP contribution in [0.15, 0.2) is 55.0 Å². The van der Waals surface area contributed by atoms with Crippen molar-refractivity contribution in [2.45, 2.75) is 13.8 Å². The summed E-state index contributed by atoms with van der Waals surface area (Å²) in [5.41, 5.74) is 5.84. The zero-order valence-electron chi connectivity index (χ0n) is 12.0. The van der Waals surface area contributed by atoms with Gasteiger partial charge in [0.2, 0.25) is 6.20 Å². The second kappa shape index (κ2) is 4.93. The molecule has 1 aromatic carbocycles. The van der Waals surface area contributed by atoms with Crippen molar-refractivity contribution in [3.05, 3.63) is 66.2 Å². The van der Waals surface area contributed by atoms with Gasteiger partial charge in [-0.2, -0.15) is 0 Å². The lowest BCUT2D eigenvalue weighted by Gasteiger charge is -2.06. The lowest BCUT2D eigenvalue weighted by Crippen LogP contribution is -2.37. The van der Waals surface area contributed by atoms with Crippen LogP contribution in [0.3, 0.4) is 0 Å². The Labute approximate surface area is 119 Å². The third-order valence-electron chi connectivity index (χ3n) is 3.57. The van der Waals surface area contributed by atoms with E-state index in [2.05, 4.69) is 65.0 Å². The summed E-state index contributed by atoms with van der Waals surface area (Å²) >= 11 is 0. The minimum absolute atomic E-state index is 1.04. The van der Waals surface area contributed by atoms with Crippen molar-refractivity contribution in [1.82, 2.24) is 9.67 Å². The average Bonchev–Trinajstić information content (AvgIpc) is 2.82. The van der Waals surface area contributed by atoms with Gasteiger partial charge in [-0.25, -0.2) is 0 Å². The van der Waals surface area contributed by atoms with E-state index >= 15 is 0 Å². The van der Waals surface area contributed by atoms with Crippen LogP contribution >= 0.6 is 0 Å². The third-order valence-corrected chi connectivity index (χ3v) is 3.57. The molecule has 2 aromatic heterocycles. The molecule has 0 aliphatic carbocycles. The van der Waals surface area contributed by atoms with Crippen molar-refractivity contribution >= 4 is 0 Å². The Balaban J connectivity index is 2.15. The van der Waals surface area contributed by atoms with Crippen molar-refractivity contribution in [3.8, 4) is 16.8 Å². The molecule has 2 heterocycles. The first-order valence-corrected chi connectivity index (χ1v) is 6.73. The third kappa shape index (κ3) is 2.11. The molecular weight excluding hydrogens is 246 g/mol. The van der Waals surface area contributed by atoms with Crippen LogP contribution in [0, 0.1) is 13.8 Å². The maximum atomic E-state index is 4.41. The smallest absolute Gasteiger partial charge is 0.203 e. The van der Waals surface area contributed by atoms with Gasteiger partial charge in [0, 0.05) is 6.20 Å². The second-order valence-corrected chi connectivity index (χ2v) is 5.06.